The summed E-state index contributed by atoms with van der Waals surface area (Å²) in [5.41, 5.74) is 2.80. The van der Waals surface area contributed by atoms with Gasteiger partial charge in [0.25, 0.3) is 5.91 Å². The second-order valence-electron chi connectivity index (χ2n) is 5.99. The lowest BCUT2D eigenvalue weighted by Gasteiger charge is -2.08. The number of hydrogen-bond acceptors (Lipinski definition) is 2. The summed E-state index contributed by atoms with van der Waals surface area (Å²) in [4.78, 5) is 12.1. The smallest absolute Gasteiger partial charge is 0.261 e. The SMILES string of the molecule is CCNC(=O)/C(C#N)=C/c1cn(Cc2ccc(Cl)cc2Cl)c2ccccc12. The van der Waals surface area contributed by atoms with E-state index in [9.17, 15) is 10.1 Å². The fraction of sp³-hybridized carbons (Fsp3) is 0.143. The van der Waals surface area contributed by atoms with Crippen molar-refractivity contribution in [2.45, 2.75) is 13.5 Å². The molecule has 0 radical (unpaired) electrons. The Morgan fingerprint density at radius 3 is 2.74 bits per heavy atom. The van der Waals surface area contributed by atoms with Crippen molar-refractivity contribution in [1.29, 1.82) is 5.26 Å². The van der Waals surface area contributed by atoms with Crippen LogP contribution in [0.1, 0.15) is 18.1 Å². The van der Waals surface area contributed by atoms with Crippen molar-refractivity contribution < 1.29 is 4.79 Å². The largest absolute Gasteiger partial charge is 0.352 e. The third kappa shape index (κ3) is 4.16. The van der Waals surface area contributed by atoms with Gasteiger partial charge in [0.1, 0.15) is 11.6 Å². The molecule has 3 aromatic rings. The van der Waals surface area contributed by atoms with E-state index in [-0.39, 0.29) is 11.5 Å². The first-order valence-corrected chi connectivity index (χ1v) is 9.21. The molecule has 136 valence electrons. The molecule has 0 saturated carbocycles. The second-order valence-corrected chi connectivity index (χ2v) is 6.84. The minimum Gasteiger partial charge on any atom is -0.352 e. The van der Waals surface area contributed by atoms with Crippen molar-refractivity contribution in [3.05, 3.63) is 75.4 Å². The summed E-state index contributed by atoms with van der Waals surface area (Å²) in [6, 6.07) is 15.2. The van der Waals surface area contributed by atoms with Crippen molar-refractivity contribution in [1.82, 2.24) is 9.88 Å². The molecule has 0 aliphatic carbocycles. The fourth-order valence-corrected chi connectivity index (χ4v) is 3.38. The van der Waals surface area contributed by atoms with E-state index >= 15 is 0 Å². The van der Waals surface area contributed by atoms with Gasteiger partial charge in [-0.1, -0.05) is 47.5 Å². The summed E-state index contributed by atoms with van der Waals surface area (Å²) in [5, 5.41) is 14.1. The summed E-state index contributed by atoms with van der Waals surface area (Å²) >= 11 is 12.3. The van der Waals surface area contributed by atoms with Crippen molar-refractivity contribution in [2.75, 3.05) is 6.54 Å². The van der Waals surface area contributed by atoms with Gasteiger partial charge in [0.15, 0.2) is 0 Å². The van der Waals surface area contributed by atoms with Crippen LogP contribution in [0.25, 0.3) is 17.0 Å². The average molecular weight is 398 g/mol. The van der Waals surface area contributed by atoms with Crippen LogP contribution < -0.4 is 5.32 Å². The van der Waals surface area contributed by atoms with Crippen LogP contribution >= 0.6 is 23.2 Å². The summed E-state index contributed by atoms with van der Waals surface area (Å²) in [5.74, 6) is -0.377. The third-order valence-corrected chi connectivity index (χ3v) is 4.76. The van der Waals surface area contributed by atoms with Crippen LogP contribution in [0.3, 0.4) is 0 Å². The number of rotatable bonds is 5. The highest BCUT2D eigenvalue weighted by atomic mass is 35.5. The molecule has 4 nitrogen and oxygen atoms in total. The number of nitrogens with zero attached hydrogens (tertiary/aromatic N) is 2. The maximum absolute atomic E-state index is 12.1. The first-order chi connectivity index (χ1) is 13.0. The van der Waals surface area contributed by atoms with Crippen LogP contribution in [-0.4, -0.2) is 17.0 Å². The number of fused-ring (bicyclic) bond motifs is 1. The average Bonchev–Trinajstić information content (AvgIpc) is 3.00. The number of amides is 1. The number of hydrogen-bond donors (Lipinski definition) is 1. The molecule has 1 aromatic heterocycles. The highest BCUT2D eigenvalue weighted by molar-refractivity contribution is 6.35. The number of benzene rings is 2. The molecule has 0 saturated heterocycles. The topological polar surface area (TPSA) is 57.8 Å². The van der Waals surface area contributed by atoms with E-state index in [1.54, 1.807) is 18.2 Å². The van der Waals surface area contributed by atoms with Gasteiger partial charge < -0.3 is 9.88 Å². The predicted octanol–water partition coefficient (Wildman–Crippen LogP) is 5.04. The van der Waals surface area contributed by atoms with Gasteiger partial charge in [-0.2, -0.15) is 5.26 Å². The predicted molar refractivity (Wildman–Crippen MR) is 110 cm³/mol. The van der Waals surface area contributed by atoms with Gasteiger partial charge in [0.2, 0.25) is 0 Å². The van der Waals surface area contributed by atoms with Gasteiger partial charge >= 0.3 is 0 Å². The van der Waals surface area contributed by atoms with Crippen molar-refractivity contribution >= 4 is 46.1 Å². The van der Waals surface area contributed by atoms with Crippen LogP contribution in [0.5, 0.6) is 0 Å². The number of aromatic nitrogens is 1. The van der Waals surface area contributed by atoms with Crippen LogP contribution in [-0.2, 0) is 11.3 Å². The van der Waals surface area contributed by atoms with Crippen LogP contribution in [0.4, 0.5) is 0 Å². The van der Waals surface area contributed by atoms with Crippen molar-refractivity contribution in [3.63, 3.8) is 0 Å². The Morgan fingerprint density at radius 2 is 2.04 bits per heavy atom. The Bertz CT molecular complexity index is 1080. The zero-order valence-electron chi connectivity index (χ0n) is 14.7. The molecule has 0 bridgehead atoms. The van der Waals surface area contributed by atoms with Crippen molar-refractivity contribution in [3.8, 4) is 6.07 Å². The Balaban J connectivity index is 2.06. The summed E-state index contributed by atoms with van der Waals surface area (Å²) in [6.07, 6.45) is 3.54. The summed E-state index contributed by atoms with van der Waals surface area (Å²) in [6.45, 7) is 2.83. The van der Waals surface area contributed by atoms with Gasteiger partial charge in [0.05, 0.1) is 0 Å². The van der Waals surface area contributed by atoms with Crippen LogP contribution in [0.2, 0.25) is 10.0 Å². The lowest BCUT2D eigenvalue weighted by molar-refractivity contribution is -0.116. The molecular formula is C21H17Cl2N3O. The number of carbonyl (C=O) groups excluding carboxylic acids is 1. The van der Waals surface area contributed by atoms with Crippen LogP contribution in [0.15, 0.2) is 54.2 Å². The van der Waals surface area contributed by atoms with Gasteiger partial charge in [-0.3, -0.25) is 4.79 Å². The normalized spacial score (nSPS) is 11.4. The minimum absolute atomic E-state index is 0.0734. The maximum Gasteiger partial charge on any atom is 0.261 e. The molecule has 2 aromatic carbocycles. The fourth-order valence-electron chi connectivity index (χ4n) is 2.91. The molecule has 0 fully saturated rings. The lowest BCUT2D eigenvalue weighted by atomic mass is 10.1. The van der Waals surface area contributed by atoms with Crippen LogP contribution in [0, 0.1) is 11.3 Å². The Hall–Kier alpha value is -2.74. The van der Waals surface area contributed by atoms with E-state index < -0.39 is 0 Å². The maximum atomic E-state index is 12.1. The standard InChI is InChI=1S/C21H17Cl2N3O/c1-2-25-21(27)15(11-24)9-16-13-26(20-6-4-3-5-18(16)20)12-14-7-8-17(22)10-19(14)23/h3-10,13H,2,12H2,1H3,(H,25,27)/b15-9+. The van der Waals surface area contributed by atoms with Gasteiger partial charge in [-0.15, -0.1) is 0 Å². The van der Waals surface area contributed by atoms with E-state index in [0.29, 0.717) is 23.1 Å². The Kier molecular flexibility index (Phi) is 5.85. The second kappa shape index (κ2) is 8.30. The molecule has 0 unspecified atom stereocenters. The van der Waals surface area contributed by atoms with Crippen molar-refractivity contribution in [2.24, 2.45) is 0 Å². The van der Waals surface area contributed by atoms with Gasteiger partial charge in [-0.25, -0.2) is 0 Å². The number of likely N-dealkylation sites (N-methyl/N-ethyl adjacent to an activating group) is 1. The molecule has 0 spiro atoms. The zero-order valence-corrected chi connectivity index (χ0v) is 16.2. The molecule has 0 atom stereocenters. The highest BCUT2D eigenvalue weighted by Crippen LogP contribution is 2.27. The van der Waals surface area contributed by atoms with E-state index in [1.807, 2.05) is 54.1 Å². The van der Waals surface area contributed by atoms with E-state index in [4.69, 9.17) is 23.2 Å². The molecule has 1 amide bonds. The molecule has 1 N–H and O–H groups in total. The molecule has 1 heterocycles. The van der Waals surface area contributed by atoms with Gasteiger partial charge in [-0.05, 0) is 36.8 Å². The molecule has 0 aliphatic heterocycles. The zero-order chi connectivity index (χ0) is 19.4. The molecule has 0 aliphatic rings. The molecule has 6 heteroatoms. The molecule has 3 rings (SSSR count). The number of nitriles is 1. The van der Waals surface area contributed by atoms with E-state index in [2.05, 4.69) is 5.32 Å². The highest BCUT2D eigenvalue weighted by Gasteiger charge is 2.12. The first-order valence-electron chi connectivity index (χ1n) is 8.45. The number of para-hydroxylation sites is 1. The number of carbonyl (C=O) groups is 1. The summed E-state index contributed by atoms with van der Waals surface area (Å²) in [7, 11) is 0. The van der Waals surface area contributed by atoms with E-state index in [0.717, 1.165) is 22.0 Å². The van der Waals surface area contributed by atoms with Gasteiger partial charge in [0, 0.05) is 45.8 Å². The third-order valence-electron chi connectivity index (χ3n) is 4.18. The molecule has 27 heavy (non-hydrogen) atoms. The monoisotopic (exact) mass is 397 g/mol. The summed E-state index contributed by atoms with van der Waals surface area (Å²) < 4.78 is 2.04. The minimum atomic E-state index is -0.377. The quantitative estimate of drug-likeness (QED) is 0.484. The number of nitrogens with one attached hydrogen (secondary N) is 1. The first kappa shape index (κ1) is 19.0. The molecular weight excluding hydrogens is 381 g/mol. The Morgan fingerprint density at radius 1 is 1.26 bits per heavy atom. The Labute approximate surface area is 167 Å². The number of halogens is 2. The van der Waals surface area contributed by atoms with E-state index in [1.165, 1.54) is 0 Å². The lowest BCUT2D eigenvalue weighted by Crippen LogP contribution is -2.23.